The van der Waals surface area contributed by atoms with Crippen molar-refractivity contribution in [2.24, 2.45) is 11.8 Å². The highest BCUT2D eigenvalue weighted by Crippen LogP contribution is 2.41. The summed E-state index contributed by atoms with van der Waals surface area (Å²) in [6.45, 7) is 3.30. The number of hydrogen-bond acceptors (Lipinski definition) is 4. The molecule has 0 radical (unpaired) electrons. The van der Waals surface area contributed by atoms with E-state index in [9.17, 15) is 4.79 Å². The monoisotopic (exact) mass is 309 g/mol. The van der Waals surface area contributed by atoms with Gasteiger partial charge in [0.15, 0.2) is 5.16 Å². The first-order chi connectivity index (χ1) is 10.1. The highest BCUT2D eigenvalue weighted by Gasteiger charge is 2.31. The van der Waals surface area contributed by atoms with Crippen molar-refractivity contribution in [1.29, 1.82) is 0 Å². The van der Waals surface area contributed by atoms with Gasteiger partial charge in [0, 0.05) is 12.5 Å². The minimum Gasteiger partial charge on any atom is -0.481 e. The molecule has 2 aliphatic carbocycles. The smallest absolute Gasteiger partial charge is 0.313 e. The minimum absolute atomic E-state index is 0.0600. The van der Waals surface area contributed by atoms with Crippen molar-refractivity contribution in [1.82, 2.24) is 14.8 Å². The van der Waals surface area contributed by atoms with Gasteiger partial charge in [-0.25, -0.2) is 0 Å². The van der Waals surface area contributed by atoms with Crippen LogP contribution in [0.15, 0.2) is 5.16 Å². The molecule has 5 nitrogen and oxygen atoms in total. The van der Waals surface area contributed by atoms with E-state index in [-0.39, 0.29) is 5.75 Å². The van der Waals surface area contributed by atoms with E-state index in [1.807, 2.05) is 0 Å². The molecule has 116 valence electrons. The van der Waals surface area contributed by atoms with Gasteiger partial charge in [-0.2, -0.15) is 0 Å². The largest absolute Gasteiger partial charge is 0.481 e. The van der Waals surface area contributed by atoms with E-state index in [4.69, 9.17) is 5.11 Å². The Balaban J connectivity index is 1.71. The number of hydrogen-bond donors (Lipinski definition) is 1. The molecule has 6 heteroatoms. The van der Waals surface area contributed by atoms with Crippen molar-refractivity contribution in [3.05, 3.63) is 5.82 Å². The number of carbonyl (C=O) groups is 1. The first-order valence-corrected chi connectivity index (χ1v) is 8.89. The second-order valence-electron chi connectivity index (χ2n) is 6.53. The molecule has 21 heavy (non-hydrogen) atoms. The molecule has 0 amide bonds. The van der Waals surface area contributed by atoms with E-state index in [2.05, 4.69) is 21.7 Å². The van der Waals surface area contributed by atoms with Crippen molar-refractivity contribution in [2.45, 2.75) is 63.1 Å². The van der Waals surface area contributed by atoms with Crippen LogP contribution in [0.4, 0.5) is 0 Å². The number of carboxylic acid groups (broad SMARTS) is 1. The molecule has 0 unspecified atom stereocenters. The summed E-state index contributed by atoms with van der Waals surface area (Å²) in [7, 11) is 0. The molecule has 2 saturated carbocycles. The van der Waals surface area contributed by atoms with Gasteiger partial charge in [-0.1, -0.05) is 31.5 Å². The van der Waals surface area contributed by atoms with E-state index in [1.54, 1.807) is 0 Å². The van der Waals surface area contributed by atoms with Gasteiger partial charge in [0.2, 0.25) is 0 Å². The molecule has 0 atom stereocenters. The van der Waals surface area contributed by atoms with Crippen LogP contribution in [-0.2, 0) is 11.3 Å². The molecule has 0 saturated heterocycles. The van der Waals surface area contributed by atoms with Crippen LogP contribution in [0.3, 0.4) is 0 Å². The van der Waals surface area contributed by atoms with Crippen LogP contribution in [0.5, 0.6) is 0 Å². The lowest BCUT2D eigenvalue weighted by Gasteiger charge is -2.27. The second kappa shape index (κ2) is 6.38. The summed E-state index contributed by atoms with van der Waals surface area (Å²) in [5, 5.41) is 18.2. The van der Waals surface area contributed by atoms with Crippen LogP contribution in [0, 0.1) is 11.8 Å². The fourth-order valence-electron chi connectivity index (χ4n) is 3.12. The molecule has 0 aliphatic heterocycles. The Hall–Kier alpha value is -1.04. The predicted octanol–water partition coefficient (Wildman–Crippen LogP) is 3.16. The number of nitrogens with zero attached hydrogens (tertiary/aromatic N) is 3. The predicted molar refractivity (Wildman–Crippen MR) is 81.5 cm³/mol. The van der Waals surface area contributed by atoms with Gasteiger partial charge >= 0.3 is 5.97 Å². The summed E-state index contributed by atoms with van der Waals surface area (Å²) in [4.78, 5) is 10.8. The molecular formula is C15H23N3O2S. The number of thioether (sulfide) groups is 1. The lowest BCUT2D eigenvalue weighted by Crippen LogP contribution is -2.19. The van der Waals surface area contributed by atoms with Crippen LogP contribution < -0.4 is 0 Å². The third-order valence-corrected chi connectivity index (χ3v) is 5.54. The van der Waals surface area contributed by atoms with Crippen molar-refractivity contribution in [3.63, 3.8) is 0 Å². The second-order valence-corrected chi connectivity index (χ2v) is 7.48. The Kier molecular flexibility index (Phi) is 4.52. The zero-order valence-electron chi connectivity index (χ0n) is 12.5. The average molecular weight is 309 g/mol. The number of rotatable bonds is 6. The summed E-state index contributed by atoms with van der Waals surface area (Å²) in [5.41, 5.74) is 0. The van der Waals surface area contributed by atoms with Gasteiger partial charge in [-0.05, 0) is 37.5 Å². The van der Waals surface area contributed by atoms with Crippen LogP contribution >= 0.6 is 11.8 Å². The Morgan fingerprint density at radius 1 is 1.24 bits per heavy atom. The van der Waals surface area contributed by atoms with Gasteiger partial charge in [0.05, 0.1) is 5.75 Å². The Bertz CT molecular complexity index is 505. The molecule has 0 spiro atoms. The van der Waals surface area contributed by atoms with Gasteiger partial charge in [0.25, 0.3) is 0 Å². The van der Waals surface area contributed by atoms with Crippen molar-refractivity contribution in [2.75, 3.05) is 5.75 Å². The maximum atomic E-state index is 10.8. The molecule has 2 aliphatic rings. The average Bonchev–Trinajstić information content (AvgIpc) is 3.22. The van der Waals surface area contributed by atoms with Crippen molar-refractivity contribution in [3.8, 4) is 0 Å². The fourth-order valence-corrected chi connectivity index (χ4v) is 3.79. The molecule has 1 aromatic rings. The summed E-state index contributed by atoms with van der Waals surface area (Å²) < 4.78 is 2.21. The quantitative estimate of drug-likeness (QED) is 0.818. The van der Waals surface area contributed by atoms with Gasteiger partial charge < -0.3 is 9.67 Å². The SMILES string of the molecule is CC1CCC(Cn2c(SCC(=O)O)nnc2C2CC2)CC1. The summed E-state index contributed by atoms with van der Waals surface area (Å²) in [6.07, 6.45) is 7.55. The lowest BCUT2D eigenvalue weighted by molar-refractivity contribution is -0.133. The summed E-state index contributed by atoms with van der Waals surface area (Å²) in [6, 6.07) is 0. The molecule has 0 aromatic carbocycles. The van der Waals surface area contributed by atoms with Crippen LogP contribution in [0.2, 0.25) is 0 Å². The van der Waals surface area contributed by atoms with Crippen molar-refractivity contribution < 1.29 is 9.90 Å². The number of aliphatic carboxylic acids is 1. The van der Waals surface area contributed by atoms with Gasteiger partial charge in [-0.3, -0.25) is 4.79 Å². The van der Waals surface area contributed by atoms with Crippen molar-refractivity contribution >= 4 is 17.7 Å². The van der Waals surface area contributed by atoms with Crippen LogP contribution in [-0.4, -0.2) is 31.6 Å². The molecule has 2 fully saturated rings. The number of aromatic nitrogens is 3. The maximum absolute atomic E-state index is 10.8. The first kappa shape index (κ1) is 14.9. The summed E-state index contributed by atoms with van der Waals surface area (Å²) in [5.74, 6) is 2.45. The molecule has 1 N–H and O–H groups in total. The third kappa shape index (κ3) is 3.78. The third-order valence-electron chi connectivity index (χ3n) is 4.59. The van der Waals surface area contributed by atoms with E-state index in [0.717, 1.165) is 23.4 Å². The van der Waals surface area contributed by atoms with E-state index >= 15 is 0 Å². The zero-order valence-corrected chi connectivity index (χ0v) is 13.3. The van der Waals surface area contributed by atoms with Gasteiger partial charge in [0.1, 0.15) is 5.82 Å². The Labute approximate surface area is 129 Å². The molecule has 3 rings (SSSR count). The Morgan fingerprint density at radius 2 is 1.95 bits per heavy atom. The molecule has 0 bridgehead atoms. The zero-order chi connectivity index (χ0) is 14.8. The van der Waals surface area contributed by atoms with Gasteiger partial charge in [-0.15, -0.1) is 10.2 Å². The topological polar surface area (TPSA) is 68.0 Å². The molecule has 1 heterocycles. The first-order valence-electron chi connectivity index (χ1n) is 7.91. The molecule has 1 aromatic heterocycles. The van der Waals surface area contributed by atoms with E-state index in [0.29, 0.717) is 11.8 Å². The highest BCUT2D eigenvalue weighted by molar-refractivity contribution is 7.99. The fraction of sp³-hybridized carbons (Fsp3) is 0.800. The van der Waals surface area contributed by atoms with Crippen LogP contribution in [0.1, 0.15) is 57.2 Å². The minimum atomic E-state index is -0.797. The normalized spacial score (nSPS) is 26.0. The number of carboxylic acids is 1. The maximum Gasteiger partial charge on any atom is 0.313 e. The van der Waals surface area contributed by atoms with E-state index in [1.165, 1.54) is 50.3 Å². The standard InChI is InChI=1S/C15H23N3O2S/c1-10-2-4-11(5-3-10)8-18-14(12-6-7-12)16-17-15(18)21-9-13(19)20/h10-12H,2-9H2,1H3,(H,19,20). The molecular weight excluding hydrogens is 286 g/mol. The highest BCUT2D eigenvalue weighted by atomic mass is 32.2. The summed E-state index contributed by atoms with van der Waals surface area (Å²) >= 11 is 1.30. The Morgan fingerprint density at radius 3 is 2.57 bits per heavy atom. The lowest BCUT2D eigenvalue weighted by atomic mass is 9.83. The van der Waals surface area contributed by atoms with E-state index < -0.39 is 5.97 Å². The van der Waals surface area contributed by atoms with Crippen LogP contribution in [0.25, 0.3) is 0 Å².